The predicted octanol–water partition coefficient (Wildman–Crippen LogP) is 2.92. The normalized spacial score (nSPS) is 20.4. The number of carbonyl (C=O) groups is 1. The Labute approximate surface area is 144 Å². The molecule has 1 aromatic heterocycles. The Kier molecular flexibility index (Phi) is 4.60. The van der Waals surface area contributed by atoms with E-state index < -0.39 is 0 Å². The highest BCUT2D eigenvalue weighted by molar-refractivity contribution is 7.19. The molecule has 0 radical (unpaired) electrons. The van der Waals surface area contributed by atoms with Gasteiger partial charge in [0.2, 0.25) is 5.91 Å². The van der Waals surface area contributed by atoms with Crippen LogP contribution in [0.2, 0.25) is 0 Å². The van der Waals surface area contributed by atoms with Crippen molar-refractivity contribution < 1.29 is 14.3 Å². The van der Waals surface area contributed by atoms with Crippen LogP contribution in [-0.2, 0) is 14.3 Å². The van der Waals surface area contributed by atoms with Crippen LogP contribution >= 0.6 is 11.3 Å². The minimum Gasteiger partial charge on any atom is -0.350 e. The smallest absolute Gasteiger partial charge is 0.246 e. The summed E-state index contributed by atoms with van der Waals surface area (Å²) < 4.78 is 12.3. The summed E-state index contributed by atoms with van der Waals surface area (Å²) in [6.07, 6.45) is 5.26. The number of hydrogen-bond acceptors (Lipinski definition) is 5. The van der Waals surface area contributed by atoms with Gasteiger partial charge in [0.15, 0.2) is 6.29 Å². The van der Waals surface area contributed by atoms with E-state index in [1.165, 1.54) is 0 Å². The van der Waals surface area contributed by atoms with Gasteiger partial charge in [-0.1, -0.05) is 12.1 Å². The number of rotatable bonds is 3. The molecule has 0 saturated carbocycles. The van der Waals surface area contributed by atoms with E-state index >= 15 is 0 Å². The number of piperidine rings is 1. The van der Waals surface area contributed by atoms with Gasteiger partial charge in [0, 0.05) is 25.1 Å². The van der Waals surface area contributed by atoms with E-state index in [4.69, 9.17) is 9.47 Å². The molecular weight excluding hydrogens is 324 g/mol. The lowest BCUT2D eigenvalue weighted by molar-refractivity contribution is -0.131. The summed E-state index contributed by atoms with van der Waals surface area (Å²) in [5, 5.41) is 0.868. The molecule has 0 N–H and O–H groups in total. The predicted molar refractivity (Wildman–Crippen MR) is 93.7 cm³/mol. The second-order valence-corrected chi connectivity index (χ2v) is 7.19. The number of likely N-dealkylation sites (tertiary alicyclic amines) is 1. The van der Waals surface area contributed by atoms with Gasteiger partial charge in [-0.3, -0.25) is 4.79 Å². The Morgan fingerprint density at radius 1 is 1.21 bits per heavy atom. The monoisotopic (exact) mass is 344 g/mol. The molecule has 1 amide bonds. The van der Waals surface area contributed by atoms with E-state index in [0.717, 1.165) is 41.2 Å². The van der Waals surface area contributed by atoms with Gasteiger partial charge in [-0.05, 0) is 31.1 Å². The standard InChI is InChI=1S/C18H20N2O3S/c21-17(6-5-16-19-14-3-1-2-4-15(14)24-16)20-9-7-13(8-10-20)18-22-11-12-23-18/h1-6,13,18H,7-12H2/b6-5+. The first-order valence-corrected chi connectivity index (χ1v) is 9.17. The van der Waals surface area contributed by atoms with Crippen LogP contribution in [0, 0.1) is 5.92 Å². The summed E-state index contributed by atoms with van der Waals surface area (Å²) in [6, 6.07) is 8.01. The van der Waals surface area contributed by atoms with Crippen LogP contribution in [-0.4, -0.2) is 48.4 Å². The zero-order valence-electron chi connectivity index (χ0n) is 13.4. The number of carbonyl (C=O) groups excluding carboxylic acids is 1. The summed E-state index contributed by atoms with van der Waals surface area (Å²) in [6.45, 7) is 2.90. The number of aromatic nitrogens is 1. The van der Waals surface area contributed by atoms with Crippen LogP contribution in [0.4, 0.5) is 0 Å². The van der Waals surface area contributed by atoms with E-state index in [0.29, 0.717) is 19.1 Å². The number of para-hydroxylation sites is 1. The molecule has 0 bridgehead atoms. The summed E-state index contributed by atoms with van der Waals surface area (Å²) in [5.74, 6) is 0.464. The van der Waals surface area contributed by atoms with E-state index in [9.17, 15) is 4.79 Å². The van der Waals surface area contributed by atoms with Crippen molar-refractivity contribution in [1.29, 1.82) is 0 Å². The molecule has 0 atom stereocenters. The van der Waals surface area contributed by atoms with Gasteiger partial charge in [0.25, 0.3) is 0 Å². The van der Waals surface area contributed by atoms with Crippen molar-refractivity contribution in [2.24, 2.45) is 5.92 Å². The van der Waals surface area contributed by atoms with Crippen LogP contribution in [0.15, 0.2) is 30.3 Å². The molecule has 1 aromatic carbocycles. The zero-order chi connectivity index (χ0) is 16.4. The number of thiazole rings is 1. The number of amides is 1. The van der Waals surface area contributed by atoms with Gasteiger partial charge in [-0.25, -0.2) is 4.98 Å². The maximum absolute atomic E-state index is 12.4. The molecule has 24 heavy (non-hydrogen) atoms. The van der Waals surface area contributed by atoms with Crippen LogP contribution in [0.5, 0.6) is 0 Å². The molecule has 4 rings (SSSR count). The van der Waals surface area contributed by atoms with Crippen molar-refractivity contribution in [2.75, 3.05) is 26.3 Å². The summed E-state index contributed by atoms with van der Waals surface area (Å²) in [4.78, 5) is 18.8. The molecule has 6 heteroatoms. The van der Waals surface area contributed by atoms with Gasteiger partial charge in [-0.2, -0.15) is 0 Å². The Morgan fingerprint density at radius 2 is 1.96 bits per heavy atom. The number of ether oxygens (including phenoxy) is 2. The molecule has 2 fully saturated rings. The highest BCUT2D eigenvalue weighted by Crippen LogP contribution is 2.26. The molecule has 2 saturated heterocycles. The van der Waals surface area contributed by atoms with Crippen LogP contribution in [0.1, 0.15) is 17.8 Å². The highest BCUT2D eigenvalue weighted by atomic mass is 32.1. The van der Waals surface area contributed by atoms with E-state index in [1.807, 2.05) is 35.2 Å². The Bertz CT molecular complexity index is 711. The maximum atomic E-state index is 12.4. The van der Waals surface area contributed by atoms with Crippen molar-refractivity contribution >= 4 is 33.5 Å². The zero-order valence-corrected chi connectivity index (χ0v) is 14.2. The Balaban J connectivity index is 1.34. The fourth-order valence-corrected chi connectivity index (χ4v) is 4.12. The van der Waals surface area contributed by atoms with Crippen molar-refractivity contribution in [2.45, 2.75) is 19.1 Å². The quantitative estimate of drug-likeness (QED) is 0.804. The van der Waals surface area contributed by atoms with Crippen LogP contribution < -0.4 is 0 Å². The summed E-state index contributed by atoms with van der Waals surface area (Å²) >= 11 is 1.60. The fraction of sp³-hybridized carbons (Fsp3) is 0.444. The number of fused-ring (bicyclic) bond motifs is 1. The Morgan fingerprint density at radius 3 is 2.71 bits per heavy atom. The molecule has 2 aromatic rings. The maximum Gasteiger partial charge on any atom is 0.246 e. The third kappa shape index (κ3) is 3.36. The lowest BCUT2D eigenvalue weighted by Crippen LogP contribution is -2.40. The summed E-state index contributed by atoms with van der Waals surface area (Å²) in [7, 11) is 0. The van der Waals surface area contributed by atoms with Crippen molar-refractivity contribution in [3.63, 3.8) is 0 Å². The molecule has 0 spiro atoms. The van der Waals surface area contributed by atoms with E-state index in [1.54, 1.807) is 17.4 Å². The van der Waals surface area contributed by atoms with Crippen molar-refractivity contribution in [1.82, 2.24) is 9.88 Å². The van der Waals surface area contributed by atoms with Gasteiger partial charge < -0.3 is 14.4 Å². The lowest BCUT2D eigenvalue weighted by Gasteiger charge is -2.33. The number of nitrogens with zero attached hydrogens (tertiary/aromatic N) is 2. The molecule has 0 unspecified atom stereocenters. The van der Waals surface area contributed by atoms with Crippen molar-refractivity contribution in [3.8, 4) is 0 Å². The molecule has 2 aliphatic rings. The van der Waals surface area contributed by atoms with Gasteiger partial charge in [0.1, 0.15) is 5.01 Å². The second kappa shape index (κ2) is 7.01. The molecular formula is C18H20N2O3S. The third-order valence-electron chi connectivity index (χ3n) is 4.56. The first kappa shape index (κ1) is 15.7. The lowest BCUT2D eigenvalue weighted by atomic mass is 9.96. The molecule has 2 aliphatic heterocycles. The third-order valence-corrected chi connectivity index (χ3v) is 5.56. The fourth-order valence-electron chi connectivity index (χ4n) is 3.25. The van der Waals surface area contributed by atoms with Gasteiger partial charge in [-0.15, -0.1) is 11.3 Å². The van der Waals surface area contributed by atoms with E-state index in [2.05, 4.69) is 4.98 Å². The van der Waals surface area contributed by atoms with Gasteiger partial charge in [0.05, 0.1) is 23.4 Å². The van der Waals surface area contributed by atoms with E-state index in [-0.39, 0.29) is 12.2 Å². The average molecular weight is 344 g/mol. The first-order valence-electron chi connectivity index (χ1n) is 8.35. The number of hydrogen-bond donors (Lipinski definition) is 0. The van der Waals surface area contributed by atoms with Crippen LogP contribution in [0.25, 0.3) is 16.3 Å². The Hall–Kier alpha value is -1.76. The molecule has 126 valence electrons. The SMILES string of the molecule is O=C(/C=C/c1nc2ccccc2s1)N1CCC(C2OCCO2)CC1. The topological polar surface area (TPSA) is 51.7 Å². The second-order valence-electron chi connectivity index (χ2n) is 6.13. The molecule has 5 nitrogen and oxygen atoms in total. The minimum atomic E-state index is -0.0689. The van der Waals surface area contributed by atoms with Crippen LogP contribution in [0.3, 0.4) is 0 Å². The molecule has 3 heterocycles. The van der Waals surface area contributed by atoms with Gasteiger partial charge >= 0.3 is 0 Å². The minimum absolute atomic E-state index is 0.0564. The number of benzene rings is 1. The van der Waals surface area contributed by atoms with Crippen molar-refractivity contribution in [3.05, 3.63) is 35.3 Å². The summed E-state index contributed by atoms with van der Waals surface area (Å²) in [5.41, 5.74) is 0.979. The first-order chi connectivity index (χ1) is 11.8. The molecule has 0 aliphatic carbocycles. The largest absolute Gasteiger partial charge is 0.350 e. The average Bonchev–Trinajstić information content (AvgIpc) is 3.29. The highest BCUT2D eigenvalue weighted by Gasteiger charge is 2.31.